The number of rotatable bonds is 3. The molecule has 1 saturated heterocycles. The van der Waals surface area contributed by atoms with Gasteiger partial charge >= 0.3 is 0 Å². The number of hydrogen-bond acceptors (Lipinski definition) is 4. The first-order valence-corrected chi connectivity index (χ1v) is 8.21. The zero-order valence-corrected chi connectivity index (χ0v) is 13.7. The molecule has 0 aliphatic carbocycles. The highest BCUT2D eigenvalue weighted by Crippen LogP contribution is 2.35. The smallest absolute Gasteiger partial charge is 0.254 e. The van der Waals surface area contributed by atoms with Gasteiger partial charge in [-0.05, 0) is 25.0 Å². The Morgan fingerprint density at radius 3 is 2.58 bits per heavy atom. The number of likely N-dealkylation sites (tertiary alicyclic amines) is 1. The zero-order chi connectivity index (χ0) is 18.1. The van der Waals surface area contributed by atoms with Crippen LogP contribution in [0.15, 0.2) is 43.0 Å². The molecule has 1 N–H and O–H groups in total. The van der Waals surface area contributed by atoms with E-state index < -0.39 is 17.5 Å². The van der Waals surface area contributed by atoms with Crippen LogP contribution in [0.2, 0.25) is 0 Å². The molecule has 3 aromatic rings. The highest BCUT2D eigenvalue weighted by molar-refractivity contribution is 5.94. The molecular weight excluding hydrogens is 340 g/mol. The van der Waals surface area contributed by atoms with Crippen molar-refractivity contribution in [2.75, 3.05) is 6.54 Å². The van der Waals surface area contributed by atoms with Gasteiger partial charge in [0, 0.05) is 43.0 Å². The van der Waals surface area contributed by atoms with Crippen LogP contribution in [0.3, 0.4) is 0 Å². The van der Waals surface area contributed by atoms with Crippen molar-refractivity contribution in [1.29, 1.82) is 0 Å². The third-order valence-electron chi connectivity index (χ3n) is 4.39. The third-order valence-corrected chi connectivity index (χ3v) is 4.39. The molecule has 3 heterocycles. The van der Waals surface area contributed by atoms with Gasteiger partial charge in [0.25, 0.3) is 5.91 Å². The van der Waals surface area contributed by atoms with E-state index in [1.807, 2.05) is 0 Å². The van der Waals surface area contributed by atoms with Crippen LogP contribution < -0.4 is 0 Å². The molecule has 4 rings (SSSR count). The number of hydrogen-bond donors (Lipinski definition) is 1. The van der Waals surface area contributed by atoms with Crippen LogP contribution in [0.25, 0.3) is 11.5 Å². The number of nitrogens with one attached hydrogen (secondary N) is 1. The molecule has 6 nitrogen and oxygen atoms in total. The normalized spacial score (nSPS) is 16.8. The maximum atomic E-state index is 13.5. The molecule has 1 amide bonds. The highest BCUT2D eigenvalue weighted by Gasteiger charge is 2.34. The molecule has 1 aliphatic heterocycles. The minimum absolute atomic E-state index is 0.0159. The second-order valence-corrected chi connectivity index (χ2v) is 6.04. The van der Waals surface area contributed by atoms with Crippen LogP contribution in [0.4, 0.5) is 8.78 Å². The topological polar surface area (TPSA) is 74.8 Å². The minimum atomic E-state index is -0.778. The molecule has 1 aliphatic rings. The summed E-state index contributed by atoms with van der Waals surface area (Å²) in [5.41, 5.74) is 1.16. The highest BCUT2D eigenvalue weighted by atomic mass is 19.1. The lowest BCUT2D eigenvalue weighted by Gasteiger charge is -2.25. The zero-order valence-electron chi connectivity index (χ0n) is 13.7. The van der Waals surface area contributed by atoms with Crippen molar-refractivity contribution >= 4 is 5.91 Å². The summed E-state index contributed by atoms with van der Waals surface area (Å²) in [6.45, 7) is 0.482. The maximum absolute atomic E-state index is 13.5. The summed E-state index contributed by atoms with van der Waals surface area (Å²) in [6, 6.07) is 2.51. The number of carbonyl (C=O) groups is 1. The standard InChI is InChI=1S/C18H15F2N5O/c19-12-8-11(9-13(20)10-12)18(26)25-7-1-2-14(25)15-16(22-4-3-21-15)17-23-5-6-24-17/h3-6,8-10,14H,1-2,7H2,(H,23,24). The third kappa shape index (κ3) is 2.94. The quantitative estimate of drug-likeness (QED) is 0.783. The van der Waals surface area contributed by atoms with Crippen molar-refractivity contribution in [3.8, 4) is 11.5 Å². The van der Waals surface area contributed by atoms with Crippen LogP contribution in [0.5, 0.6) is 0 Å². The Bertz CT molecular complexity index is 924. The van der Waals surface area contributed by atoms with E-state index in [1.54, 1.807) is 29.7 Å². The van der Waals surface area contributed by atoms with E-state index in [-0.39, 0.29) is 11.6 Å². The predicted molar refractivity (Wildman–Crippen MR) is 89.0 cm³/mol. The first-order valence-electron chi connectivity index (χ1n) is 8.21. The molecule has 1 fully saturated rings. The van der Waals surface area contributed by atoms with E-state index in [0.717, 1.165) is 24.6 Å². The molecule has 2 aromatic heterocycles. The van der Waals surface area contributed by atoms with Gasteiger partial charge in [-0.25, -0.2) is 18.7 Å². The predicted octanol–water partition coefficient (Wildman–Crippen LogP) is 3.12. The van der Waals surface area contributed by atoms with Gasteiger partial charge in [-0.15, -0.1) is 0 Å². The van der Waals surface area contributed by atoms with Crippen molar-refractivity contribution in [3.63, 3.8) is 0 Å². The number of carbonyl (C=O) groups excluding carboxylic acids is 1. The van der Waals surface area contributed by atoms with Gasteiger partial charge in [0.1, 0.15) is 17.3 Å². The maximum Gasteiger partial charge on any atom is 0.254 e. The molecule has 1 unspecified atom stereocenters. The Balaban J connectivity index is 1.71. The number of imidazole rings is 1. The Hall–Kier alpha value is -3.16. The van der Waals surface area contributed by atoms with Crippen LogP contribution in [0.1, 0.15) is 34.9 Å². The van der Waals surface area contributed by atoms with Gasteiger partial charge in [0.15, 0.2) is 5.82 Å². The van der Waals surface area contributed by atoms with E-state index in [4.69, 9.17) is 0 Å². The van der Waals surface area contributed by atoms with E-state index in [0.29, 0.717) is 30.2 Å². The number of halogens is 2. The van der Waals surface area contributed by atoms with Crippen LogP contribution >= 0.6 is 0 Å². The van der Waals surface area contributed by atoms with E-state index in [2.05, 4.69) is 19.9 Å². The second-order valence-electron chi connectivity index (χ2n) is 6.04. The number of aromatic nitrogens is 4. The van der Waals surface area contributed by atoms with Crippen molar-refractivity contribution in [2.24, 2.45) is 0 Å². The lowest BCUT2D eigenvalue weighted by molar-refractivity contribution is 0.0732. The number of nitrogens with zero attached hydrogens (tertiary/aromatic N) is 4. The van der Waals surface area contributed by atoms with E-state index >= 15 is 0 Å². The number of amides is 1. The van der Waals surface area contributed by atoms with Crippen molar-refractivity contribution in [1.82, 2.24) is 24.8 Å². The lowest BCUT2D eigenvalue weighted by Crippen LogP contribution is -2.31. The fourth-order valence-corrected chi connectivity index (χ4v) is 3.31. The van der Waals surface area contributed by atoms with Gasteiger partial charge in [-0.2, -0.15) is 0 Å². The lowest BCUT2D eigenvalue weighted by atomic mass is 10.1. The summed E-state index contributed by atoms with van der Waals surface area (Å²) >= 11 is 0. The SMILES string of the molecule is O=C(c1cc(F)cc(F)c1)N1CCCC1c1nccnc1-c1ncc[nH]1. The van der Waals surface area contributed by atoms with Crippen LogP contribution in [0, 0.1) is 11.6 Å². The number of benzene rings is 1. The van der Waals surface area contributed by atoms with Crippen molar-refractivity contribution in [3.05, 3.63) is 65.9 Å². The summed E-state index contributed by atoms with van der Waals surface area (Å²) in [5.74, 6) is -1.43. The molecule has 132 valence electrons. The molecule has 0 radical (unpaired) electrons. The minimum Gasteiger partial charge on any atom is -0.343 e. The number of aromatic amines is 1. The summed E-state index contributed by atoms with van der Waals surface area (Å²) in [5, 5.41) is 0. The van der Waals surface area contributed by atoms with Crippen LogP contribution in [-0.4, -0.2) is 37.3 Å². The molecule has 26 heavy (non-hydrogen) atoms. The van der Waals surface area contributed by atoms with Crippen molar-refractivity contribution in [2.45, 2.75) is 18.9 Å². The van der Waals surface area contributed by atoms with Gasteiger partial charge in [-0.1, -0.05) is 0 Å². The van der Waals surface area contributed by atoms with Crippen LogP contribution in [-0.2, 0) is 0 Å². The first-order chi connectivity index (χ1) is 12.6. The average Bonchev–Trinajstić information content (AvgIpc) is 3.32. The summed E-state index contributed by atoms with van der Waals surface area (Å²) in [4.78, 5) is 30.4. The van der Waals surface area contributed by atoms with Gasteiger partial charge in [0.2, 0.25) is 0 Å². The summed E-state index contributed by atoms with van der Waals surface area (Å²) < 4.78 is 27.0. The first kappa shape index (κ1) is 16.3. The van der Waals surface area contributed by atoms with Gasteiger partial charge in [0.05, 0.1) is 11.7 Å². The Labute approximate surface area is 147 Å². The molecule has 0 spiro atoms. The Kier molecular flexibility index (Phi) is 4.16. The molecule has 1 atom stereocenters. The van der Waals surface area contributed by atoms with Crippen molar-refractivity contribution < 1.29 is 13.6 Å². The fraction of sp³-hybridized carbons (Fsp3) is 0.222. The largest absolute Gasteiger partial charge is 0.343 e. The monoisotopic (exact) mass is 355 g/mol. The molecule has 8 heteroatoms. The summed E-state index contributed by atoms with van der Waals surface area (Å²) in [6.07, 6.45) is 7.87. The Morgan fingerprint density at radius 2 is 1.85 bits per heavy atom. The molecular formula is C18H15F2N5O. The van der Waals surface area contributed by atoms with E-state index in [9.17, 15) is 13.6 Å². The second kappa shape index (κ2) is 6.62. The van der Waals surface area contributed by atoms with Gasteiger partial charge in [-0.3, -0.25) is 9.78 Å². The summed E-state index contributed by atoms with van der Waals surface area (Å²) in [7, 11) is 0. The van der Waals surface area contributed by atoms with Gasteiger partial charge < -0.3 is 9.88 Å². The molecule has 0 saturated carbocycles. The average molecular weight is 355 g/mol. The number of H-pyrrole nitrogens is 1. The molecule has 1 aromatic carbocycles. The Morgan fingerprint density at radius 1 is 1.08 bits per heavy atom. The molecule has 0 bridgehead atoms. The fourth-order valence-electron chi connectivity index (χ4n) is 3.31. The van der Waals surface area contributed by atoms with E-state index in [1.165, 1.54) is 0 Å².